The maximum Gasteiger partial charge on any atom is 0.259 e. The standard InChI is InChI=1S/C19H17NO3/c1-22-17-10-6-5-9-16(17)20-19(21)15-11-13-7-3-4-8-14(13)12-18(15)23-2/h3-12H,1-2H3,(H,20,21). The van der Waals surface area contributed by atoms with Gasteiger partial charge in [-0.1, -0.05) is 36.4 Å². The zero-order valence-electron chi connectivity index (χ0n) is 13.0. The number of anilines is 1. The van der Waals surface area contributed by atoms with E-state index < -0.39 is 0 Å². The molecule has 0 aliphatic rings. The van der Waals surface area contributed by atoms with E-state index in [-0.39, 0.29) is 5.91 Å². The summed E-state index contributed by atoms with van der Waals surface area (Å²) in [5.74, 6) is 0.911. The Bertz CT molecular complexity index is 858. The molecule has 0 spiro atoms. The monoisotopic (exact) mass is 307 g/mol. The van der Waals surface area contributed by atoms with Gasteiger partial charge in [0.15, 0.2) is 0 Å². The van der Waals surface area contributed by atoms with Crippen molar-refractivity contribution in [2.24, 2.45) is 0 Å². The Labute approximate surface area is 134 Å². The molecule has 0 radical (unpaired) electrons. The number of hydrogen-bond acceptors (Lipinski definition) is 3. The van der Waals surface area contributed by atoms with E-state index in [4.69, 9.17) is 9.47 Å². The summed E-state index contributed by atoms with van der Waals surface area (Å²) in [6, 6.07) is 18.8. The Morgan fingerprint density at radius 1 is 0.826 bits per heavy atom. The zero-order valence-corrected chi connectivity index (χ0v) is 13.0. The molecule has 3 aromatic rings. The van der Waals surface area contributed by atoms with Crippen molar-refractivity contribution in [3.8, 4) is 11.5 Å². The molecule has 3 rings (SSSR count). The third kappa shape index (κ3) is 2.97. The number of para-hydroxylation sites is 2. The molecular weight excluding hydrogens is 290 g/mol. The lowest BCUT2D eigenvalue weighted by molar-refractivity contribution is 0.102. The molecule has 3 aromatic carbocycles. The van der Waals surface area contributed by atoms with Gasteiger partial charge in [-0.3, -0.25) is 4.79 Å². The van der Waals surface area contributed by atoms with Crippen molar-refractivity contribution >= 4 is 22.4 Å². The van der Waals surface area contributed by atoms with Crippen LogP contribution in [0, 0.1) is 0 Å². The molecule has 0 aliphatic heterocycles. The SMILES string of the molecule is COc1ccccc1NC(=O)c1cc2ccccc2cc1OC. The van der Waals surface area contributed by atoms with Gasteiger partial charge < -0.3 is 14.8 Å². The minimum absolute atomic E-state index is 0.239. The van der Waals surface area contributed by atoms with Crippen molar-refractivity contribution in [1.82, 2.24) is 0 Å². The summed E-state index contributed by atoms with van der Waals surface area (Å²) >= 11 is 0. The van der Waals surface area contributed by atoms with Crippen molar-refractivity contribution in [1.29, 1.82) is 0 Å². The van der Waals surface area contributed by atoms with Crippen LogP contribution in [0.1, 0.15) is 10.4 Å². The first-order valence-electron chi connectivity index (χ1n) is 7.24. The summed E-state index contributed by atoms with van der Waals surface area (Å²) in [5.41, 5.74) is 1.10. The Kier molecular flexibility index (Phi) is 4.15. The summed E-state index contributed by atoms with van der Waals surface area (Å²) in [4.78, 5) is 12.7. The molecule has 0 atom stereocenters. The van der Waals surface area contributed by atoms with Gasteiger partial charge in [0.05, 0.1) is 25.5 Å². The van der Waals surface area contributed by atoms with E-state index in [0.717, 1.165) is 10.8 Å². The lowest BCUT2D eigenvalue weighted by atomic mass is 10.1. The summed E-state index contributed by atoms with van der Waals surface area (Å²) in [5, 5.41) is 4.88. The average molecular weight is 307 g/mol. The fourth-order valence-electron chi connectivity index (χ4n) is 2.50. The van der Waals surface area contributed by atoms with Gasteiger partial charge in [0, 0.05) is 0 Å². The van der Waals surface area contributed by atoms with Gasteiger partial charge in [0.1, 0.15) is 11.5 Å². The second kappa shape index (κ2) is 6.40. The van der Waals surface area contributed by atoms with E-state index >= 15 is 0 Å². The number of carbonyl (C=O) groups excluding carboxylic acids is 1. The van der Waals surface area contributed by atoms with Gasteiger partial charge in [-0.25, -0.2) is 0 Å². The second-order valence-corrected chi connectivity index (χ2v) is 5.05. The van der Waals surface area contributed by atoms with Crippen LogP contribution in [0.3, 0.4) is 0 Å². The Morgan fingerprint density at radius 2 is 1.43 bits per heavy atom. The Hall–Kier alpha value is -3.01. The number of methoxy groups -OCH3 is 2. The van der Waals surface area contributed by atoms with E-state index in [1.807, 2.05) is 48.5 Å². The molecule has 0 heterocycles. The molecule has 23 heavy (non-hydrogen) atoms. The van der Waals surface area contributed by atoms with E-state index in [1.54, 1.807) is 26.4 Å². The first kappa shape index (κ1) is 14.9. The number of fused-ring (bicyclic) bond motifs is 1. The van der Waals surface area contributed by atoms with Crippen LogP contribution in [0.15, 0.2) is 60.7 Å². The van der Waals surface area contributed by atoms with Crippen LogP contribution in [0.5, 0.6) is 11.5 Å². The molecule has 0 saturated heterocycles. The van der Waals surface area contributed by atoms with Crippen molar-refractivity contribution < 1.29 is 14.3 Å². The third-order valence-electron chi connectivity index (χ3n) is 3.67. The Morgan fingerprint density at radius 3 is 2.13 bits per heavy atom. The fraction of sp³-hybridized carbons (Fsp3) is 0.105. The van der Waals surface area contributed by atoms with Crippen LogP contribution in [0.4, 0.5) is 5.69 Å². The summed E-state index contributed by atoms with van der Waals surface area (Å²) in [6.45, 7) is 0. The number of carbonyl (C=O) groups is 1. The predicted molar refractivity (Wildman–Crippen MR) is 91.4 cm³/mol. The minimum atomic E-state index is -0.239. The predicted octanol–water partition coefficient (Wildman–Crippen LogP) is 4.11. The average Bonchev–Trinajstić information content (AvgIpc) is 2.60. The van der Waals surface area contributed by atoms with Gasteiger partial charge in [0.2, 0.25) is 0 Å². The number of benzene rings is 3. The molecule has 0 aliphatic carbocycles. The van der Waals surface area contributed by atoms with Gasteiger partial charge in [0.25, 0.3) is 5.91 Å². The number of rotatable bonds is 4. The van der Waals surface area contributed by atoms with Crippen LogP contribution in [-0.2, 0) is 0 Å². The van der Waals surface area contributed by atoms with Gasteiger partial charge in [-0.2, -0.15) is 0 Å². The van der Waals surface area contributed by atoms with Gasteiger partial charge >= 0.3 is 0 Å². The number of hydrogen-bond donors (Lipinski definition) is 1. The van der Waals surface area contributed by atoms with Gasteiger partial charge in [-0.15, -0.1) is 0 Å². The van der Waals surface area contributed by atoms with Crippen molar-refractivity contribution in [3.63, 3.8) is 0 Å². The van der Waals surface area contributed by atoms with Crippen LogP contribution >= 0.6 is 0 Å². The highest BCUT2D eigenvalue weighted by Crippen LogP contribution is 2.28. The first-order valence-corrected chi connectivity index (χ1v) is 7.24. The lowest BCUT2D eigenvalue weighted by Crippen LogP contribution is -2.14. The van der Waals surface area contributed by atoms with Crippen LogP contribution < -0.4 is 14.8 Å². The van der Waals surface area contributed by atoms with Crippen molar-refractivity contribution in [2.75, 3.05) is 19.5 Å². The number of amides is 1. The molecule has 0 fully saturated rings. The number of ether oxygens (including phenoxy) is 2. The molecular formula is C19H17NO3. The van der Waals surface area contributed by atoms with E-state index in [1.165, 1.54) is 0 Å². The molecule has 116 valence electrons. The largest absolute Gasteiger partial charge is 0.496 e. The molecule has 1 N–H and O–H groups in total. The molecule has 4 heteroatoms. The summed E-state index contributed by atoms with van der Waals surface area (Å²) in [6.07, 6.45) is 0. The molecule has 1 amide bonds. The topological polar surface area (TPSA) is 47.6 Å². The fourth-order valence-corrected chi connectivity index (χ4v) is 2.50. The molecule has 0 aromatic heterocycles. The highest BCUT2D eigenvalue weighted by molar-refractivity contribution is 6.09. The molecule has 0 unspecified atom stereocenters. The van der Waals surface area contributed by atoms with Crippen LogP contribution in [-0.4, -0.2) is 20.1 Å². The van der Waals surface area contributed by atoms with Crippen molar-refractivity contribution in [3.05, 3.63) is 66.2 Å². The highest BCUT2D eigenvalue weighted by Gasteiger charge is 2.15. The lowest BCUT2D eigenvalue weighted by Gasteiger charge is -2.13. The normalized spacial score (nSPS) is 10.3. The maximum absolute atomic E-state index is 12.7. The van der Waals surface area contributed by atoms with Gasteiger partial charge in [-0.05, 0) is 35.0 Å². The van der Waals surface area contributed by atoms with E-state index in [0.29, 0.717) is 22.7 Å². The van der Waals surface area contributed by atoms with E-state index in [2.05, 4.69) is 5.32 Å². The Balaban J connectivity index is 2.00. The zero-order chi connectivity index (χ0) is 16.2. The van der Waals surface area contributed by atoms with Crippen molar-refractivity contribution in [2.45, 2.75) is 0 Å². The number of nitrogens with one attached hydrogen (secondary N) is 1. The quantitative estimate of drug-likeness (QED) is 0.789. The van der Waals surface area contributed by atoms with Crippen LogP contribution in [0.25, 0.3) is 10.8 Å². The summed E-state index contributed by atoms with van der Waals surface area (Å²) in [7, 11) is 3.13. The molecule has 0 saturated carbocycles. The molecule has 4 nitrogen and oxygen atoms in total. The summed E-state index contributed by atoms with van der Waals surface area (Å²) < 4.78 is 10.6. The first-order chi connectivity index (χ1) is 11.2. The van der Waals surface area contributed by atoms with E-state index in [9.17, 15) is 4.79 Å². The smallest absolute Gasteiger partial charge is 0.259 e. The highest BCUT2D eigenvalue weighted by atomic mass is 16.5. The minimum Gasteiger partial charge on any atom is -0.496 e. The molecule has 0 bridgehead atoms. The third-order valence-corrected chi connectivity index (χ3v) is 3.67. The second-order valence-electron chi connectivity index (χ2n) is 5.05. The van der Waals surface area contributed by atoms with Crippen LogP contribution in [0.2, 0.25) is 0 Å². The maximum atomic E-state index is 12.7.